The molecule has 0 spiro atoms. The zero-order valence-electron chi connectivity index (χ0n) is 20.6. The van der Waals surface area contributed by atoms with Crippen molar-refractivity contribution in [2.45, 2.75) is 41.5 Å². The molecule has 0 heterocycles. The molecule has 0 bridgehead atoms. The van der Waals surface area contributed by atoms with Crippen molar-refractivity contribution in [3.63, 3.8) is 0 Å². The Morgan fingerprint density at radius 2 is 1.41 bits per heavy atom. The van der Waals surface area contributed by atoms with Gasteiger partial charge in [0.2, 0.25) is 0 Å². The van der Waals surface area contributed by atoms with Crippen LogP contribution in [0.5, 0.6) is 0 Å². The quantitative estimate of drug-likeness (QED) is 0.205. The Bertz CT molecular complexity index is 1010. The predicted molar refractivity (Wildman–Crippen MR) is 147 cm³/mol. The van der Waals surface area contributed by atoms with E-state index < -0.39 is 0 Å². The zero-order chi connectivity index (χ0) is 20.8. The van der Waals surface area contributed by atoms with Crippen molar-refractivity contribution in [2.24, 2.45) is 5.92 Å². The average Bonchev–Trinajstić information content (AvgIpc) is 3.20. The molecule has 0 aromatic heterocycles. The Balaban J connectivity index is -0.000000490. The molecule has 0 amide bonds. The van der Waals surface area contributed by atoms with Crippen LogP contribution in [0.15, 0.2) is 71.3 Å². The van der Waals surface area contributed by atoms with E-state index in [1.807, 2.05) is 0 Å². The molecule has 2 radical (unpaired) electrons. The van der Waals surface area contributed by atoms with Crippen LogP contribution in [0.25, 0.3) is 21.9 Å². The van der Waals surface area contributed by atoms with Gasteiger partial charge in [-0.2, -0.15) is 11.1 Å². The Morgan fingerprint density at radius 1 is 0.875 bits per heavy atom. The summed E-state index contributed by atoms with van der Waals surface area (Å²) in [7, 11) is 0. The van der Waals surface area contributed by atoms with E-state index in [0.29, 0.717) is 5.92 Å². The SMILES string of the molecule is CC1=[C-]C(C)C(C)=C1C.Cc1cc(C)cc(-c2c[cH-]c3ccccc23)c1.Cl.Cl.[CH3-].[CH3-].[Si]=[Zr]. The Labute approximate surface area is 226 Å². The third-order valence-corrected chi connectivity index (χ3v) is 5.45. The van der Waals surface area contributed by atoms with E-state index in [1.54, 1.807) is 0 Å². The van der Waals surface area contributed by atoms with Crippen molar-refractivity contribution in [2.75, 3.05) is 0 Å². The molecule has 32 heavy (non-hydrogen) atoms. The summed E-state index contributed by atoms with van der Waals surface area (Å²) in [5, 5.41) is 2.67. The monoisotopic (exact) mass is 560 g/mol. The number of hydrogen-bond donors (Lipinski definition) is 0. The second-order valence-corrected chi connectivity index (χ2v) is 7.51. The summed E-state index contributed by atoms with van der Waals surface area (Å²) in [5.74, 6) is 0.560. The third kappa shape index (κ3) is 8.86. The molecule has 0 N–H and O–H groups in total. The third-order valence-electron chi connectivity index (χ3n) is 5.45. The number of aryl methyl sites for hydroxylation is 2. The topological polar surface area (TPSA) is 0 Å². The number of allylic oxidation sites excluding steroid dienone is 4. The van der Waals surface area contributed by atoms with Crippen LogP contribution in [0.1, 0.15) is 38.8 Å². The minimum atomic E-state index is 0. The van der Waals surface area contributed by atoms with Gasteiger partial charge in [0.1, 0.15) is 0 Å². The molecule has 0 saturated heterocycles. The van der Waals surface area contributed by atoms with Gasteiger partial charge in [-0.25, -0.2) is 5.57 Å². The van der Waals surface area contributed by atoms with Gasteiger partial charge in [0, 0.05) is 0 Å². The predicted octanol–water partition coefficient (Wildman–Crippen LogP) is 8.93. The number of rotatable bonds is 1. The molecule has 174 valence electrons. The zero-order valence-corrected chi connectivity index (χ0v) is 25.7. The van der Waals surface area contributed by atoms with Gasteiger partial charge in [-0.1, -0.05) is 67.6 Å². The fourth-order valence-electron chi connectivity index (χ4n) is 3.69. The number of halogens is 2. The molecule has 1 aliphatic carbocycles. The van der Waals surface area contributed by atoms with Crippen molar-refractivity contribution in [1.29, 1.82) is 0 Å². The molecule has 1 unspecified atom stereocenters. The summed E-state index contributed by atoms with van der Waals surface area (Å²) in [6.45, 7) is 16.0. The standard InChI is InChI=1S/C17H15.C9H13.2CH3.2ClH.Si.Zr/c1-12-9-13(2)11-15(10-12)17-8-7-14-5-3-4-6-16(14)17;1-6-5-7(2)9(4)8(6)3;;;;;;/h3-11H,1-2H3;6H,1-4H3;2*1H3;2*1H;;/q4*-1;;;;. The van der Waals surface area contributed by atoms with E-state index >= 15 is 0 Å². The Morgan fingerprint density at radius 3 is 1.84 bits per heavy atom. The van der Waals surface area contributed by atoms with Crippen molar-refractivity contribution >= 4 is 42.5 Å². The summed E-state index contributed by atoms with van der Waals surface area (Å²) in [4.78, 5) is 0. The maximum absolute atomic E-state index is 3.36. The number of benzene rings is 2. The second-order valence-electron chi connectivity index (χ2n) is 7.51. The fraction of sp³-hybridized carbons (Fsp3) is 0.250. The van der Waals surface area contributed by atoms with Gasteiger partial charge in [-0.05, 0) is 13.8 Å². The number of fused-ring (bicyclic) bond motifs is 1. The molecule has 3 aromatic carbocycles. The molecule has 0 saturated carbocycles. The average molecular weight is 563 g/mol. The summed E-state index contributed by atoms with van der Waals surface area (Å²) in [5.41, 5.74) is 9.56. The van der Waals surface area contributed by atoms with Crippen molar-refractivity contribution in [3.05, 3.63) is 103 Å². The first-order valence-corrected chi connectivity index (χ1v) is 13.8. The van der Waals surface area contributed by atoms with Gasteiger partial charge >= 0.3 is 30.2 Å². The molecule has 4 heteroatoms. The normalized spacial score (nSPS) is 13.5. The summed E-state index contributed by atoms with van der Waals surface area (Å²) in [6.07, 6.45) is 3.36. The molecule has 0 fully saturated rings. The molecule has 3 aromatic rings. The van der Waals surface area contributed by atoms with Crippen LogP contribution in [-0.2, 0) is 23.3 Å². The van der Waals surface area contributed by atoms with Gasteiger partial charge < -0.3 is 14.9 Å². The van der Waals surface area contributed by atoms with Crippen LogP contribution in [0.4, 0.5) is 0 Å². The maximum atomic E-state index is 3.36. The summed E-state index contributed by atoms with van der Waals surface area (Å²) >= 11 is 1.36. The Hall–Kier alpha value is -0.790. The molecule has 4 rings (SSSR count). The molecule has 1 aliphatic rings. The summed E-state index contributed by atoms with van der Waals surface area (Å²) in [6, 6.07) is 19.7. The van der Waals surface area contributed by atoms with Crippen LogP contribution >= 0.6 is 24.8 Å². The first-order chi connectivity index (χ1) is 13.4. The van der Waals surface area contributed by atoms with E-state index in [2.05, 4.69) is 109 Å². The van der Waals surface area contributed by atoms with Crippen molar-refractivity contribution in [1.82, 2.24) is 0 Å². The van der Waals surface area contributed by atoms with Crippen LogP contribution in [0.3, 0.4) is 0 Å². The Kier molecular flexibility index (Phi) is 18.8. The number of hydrogen-bond acceptors (Lipinski definition) is 0. The second kappa shape index (κ2) is 16.8. The van der Waals surface area contributed by atoms with E-state index in [-0.39, 0.29) is 39.7 Å². The van der Waals surface area contributed by atoms with Gasteiger partial charge in [0.25, 0.3) is 0 Å². The van der Waals surface area contributed by atoms with Gasteiger partial charge in [-0.15, -0.1) is 78.4 Å². The van der Waals surface area contributed by atoms with Crippen molar-refractivity contribution < 1.29 is 23.3 Å². The van der Waals surface area contributed by atoms with E-state index in [1.165, 1.54) is 73.1 Å². The first kappa shape index (κ1) is 35.8. The summed E-state index contributed by atoms with van der Waals surface area (Å²) < 4.78 is 0. The van der Waals surface area contributed by atoms with Crippen molar-refractivity contribution in [3.8, 4) is 11.1 Å². The molecule has 0 nitrogen and oxygen atoms in total. The van der Waals surface area contributed by atoms with Crippen LogP contribution < -0.4 is 0 Å². The van der Waals surface area contributed by atoms with E-state index in [4.69, 9.17) is 0 Å². The first-order valence-electron chi connectivity index (χ1n) is 9.62. The van der Waals surface area contributed by atoms with Gasteiger partial charge in [-0.3, -0.25) is 6.08 Å². The van der Waals surface area contributed by atoms with E-state index in [0.717, 1.165) is 0 Å². The molecular weight excluding hydrogens is 527 g/mol. The van der Waals surface area contributed by atoms with Gasteiger partial charge in [0.05, 0.1) is 0 Å². The fourth-order valence-corrected chi connectivity index (χ4v) is 3.69. The van der Waals surface area contributed by atoms with Crippen LogP contribution in [-0.4, -0.2) is 6.88 Å². The minimum absolute atomic E-state index is 0. The molecule has 0 aliphatic heterocycles. The van der Waals surface area contributed by atoms with Crippen LogP contribution in [0.2, 0.25) is 0 Å². The van der Waals surface area contributed by atoms with Crippen LogP contribution in [0, 0.1) is 40.7 Å². The van der Waals surface area contributed by atoms with E-state index in [9.17, 15) is 0 Å². The molecular formula is C28H36Cl2SiZr-4. The molecule has 1 atom stereocenters. The van der Waals surface area contributed by atoms with Gasteiger partial charge in [0.15, 0.2) is 0 Å².